The van der Waals surface area contributed by atoms with Crippen LogP contribution in [-0.4, -0.2) is 27.4 Å². The number of fused-ring (bicyclic) bond motifs is 24. The number of benzene rings is 23. The topological polar surface area (TPSA) is 29.6 Å². The van der Waals surface area contributed by atoms with Gasteiger partial charge in [0.1, 0.15) is 0 Å². The van der Waals surface area contributed by atoms with Gasteiger partial charge in [-0.3, -0.25) is 0 Å². The molecule has 6 heteroatoms. The highest BCUT2D eigenvalue weighted by Gasteiger charge is 2.26. The summed E-state index contributed by atoms with van der Waals surface area (Å²) in [5.41, 5.74) is 33.8. The summed E-state index contributed by atoms with van der Waals surface area (Å²) in [5.74, 6) is 0. The van der Waals surface area contributed by atoms with Gasteiger partial charge < -0.3 is 27.4 Å². The summed E-state index contributed by atoms with van der Waals surface area (Å²) in [6, 6.07) is 189. The molecule has 0 N–H and O–H groups in total. The molecule has 6 nitrogen and oxygen atoms in total. The van der Waals surface area contributed by atoms with E-state index in [9.17, 15) is 0 Å². The molecule has 29 aromatic rings. The van der Waals surface area contributed by atoms with E-state index in [1.54, 1.807) is 0 Å². The molecule has 29 rings (SSSR count). The Morgan fingerprint density at radius 2 is 0.312 bits per heavy atom. The first kappa shape index (κ1) is 79.4. The van der Waals surface area contributed by atoms with Crippen LogP contribution in [-0.2, 0) is 0 Å². The molecule has 0 spiro atoms. The molecule has 0 amide bonds. The molecule has 0 saturated carbocycles. The largest absolute Gasteiger partial charge is 0.309 e. The second kappa shape index (κ2) is 32.8. The van der Waals surface area contributed by atoms with Crippen LogP contribution in [0.2, 0.25) is 0 Å². The van der Waals surface area contributed by atoms with Crippen LogP contribution in [0.3, 0.4) is 0 Å². The number of hydrogen-bond donors (Lipinski definition) is 0. The fourth-order valence-corrected chi connectivity index (χ4v) is 22.2. The second-order valence-electron chi connectivity index (χ2n) is 36.2. The zero-order chi connectivity index (χ0) is 90.8. The lowest BCUT2D eigenvalue weighted by Gasteiger charge is -2.12. The first-order valence-electron chi connectivity index (χ1n) is 47.5. The molecule has 0 aliphatic heterocycles. The van der Waals surface area contributed by atoms with Crippen molar-refractivity contribution in [2.24, 2.45) is 0 Å². The summed E-state index contributed by atoms with van der Waals surface area (Å²) in [5, 5.41) is 22.8. The molecule has 0 saturated heterocycles. The monoisotopic (exact) mass is 1750 g/mol. The van der Waals surface area contributed by atoms with Crippen molar-refractivity contribution in [2.75, 3.05) is 0 Å². The van der Waals surface area contributed by atoms with Crippen molar-refractivity contribution < 1.29 is 0 Å². The first-order valence-corrected chi connectivity index (χ1v) is 47.5. The maximum atomic E-state index is 2.46. The number of para-hydroxylation sites is 6. The molecule has 23 aromatic carbocycles. The van der Waals surface area contributed by atoms with E-state index in [1.807, 2.05) is 0 Å². The third-order valence-electron chi connectivity index (χ3n) is 28.5. The Kier molecular flexibility index (Phi) is 18.9. The van der Waals surface area contributed by atoms with Gasteiger partial charge in [0.25, 0.3) is 0 Å². The van der Waals surface area contributed by atoms with E-state index in [2.05, 4.69) is 549 Å². The minimum absolute atomic E-state index is 1.15. The Bertz CT molecular complexity index is 9830. The molecule has 138 heavy (non-hydrogen) atoms. The Hall–Kier alpha value is -18.4. The van der Waals surface area contributed by atoms with Crippen molar-refractivity contribution in [3.05, 3.63) is 522 Å². The van der Waals surface area contributed by atoms with E-state index in [1.165, 1.54) is 230 Å². The van der Waals surface area contributed by atoms with Crippen LogP contribution in [0.25, 0.3) is 253 Å². The third-order valence-corrected chi connectivity index (χ3v) is 28.5. The molecule has 0 unspecified atom stereocenters. The zero-order valence-electron chi connectivity index (χ0n) is 75.3. The minimum atomic E-state index is 1.15. The van der Waals surface area contributed by atoms with E-state index in [0.29, 0.717) is 0 Å². The lowest BCUT2D eigenvalue weighted by Crippen LogP contribution is -1.95. The Morgan fingerprint density at radius 1 is 0.101 bits per heavy atom. The van der Waals surface area contributed by atoms with Gasteiger partial charge >= 0.3 is 0 Å². The second-order valence-corrected chi connectivity index (χ2v) is 36.2. The molecular formula is C132H86N6. The summed E-state index contributed by atoms with van der Waals surface area (Å²) >= 11 is 0. The zero-order valence-corrected chi connectivity index (χ0v) is 75.3. The molecule has 0 aliphatic rings. The van der Waals surface area contributed by atoms with Gasteiger partial charge in [-0.05, 0) is 240 Å². The Morgan fingerprint density at radius 3 is 0.645 bits per heavy atom. The van der Waals surface area contributed by atoms with Crippen molar-refractivity contribution in [1.29, 1.82) is 0 Å². The van der Waals surface area contributed by atoms with Crippen LogP contribution in [0.4, 0.5) is 0 Å². The molecular weight excluding hydrogens is 1670 g/mol. The van der Waals surface area contributed by atoms with Crippen molar-refractivity contribution in [1.82, 2.24) is 27.4 Å². The van der Waals surface area contributed by atoms with Gasteiger partial charge in [-0.25, -0.2) is 0 Å². The third kappa shape index (κ3) is 13.2. The van der Waals surface area contributed by atoms with Gasteiger partial charge in [-0.15, -0.1) is 0 Å². The van der Waals surface area contributed by atoms with Gasteiger partial charge in [0.2, 0.25) is 0 Å². The lowest BCUT2D eigenvalue weighted by atomic mass is 10.0. The molecule has 0 fully saturated rings. The van der Waals surface area contributed by atoms with E-state index in [4.69, 9.17) is 0 Å². The number of aromatic nitrogens is 6. The molecule has 6 heterocycles. The quantitative estimate of drug-likeness (QED) is 0.124. The number of rotatable bonds is 11. The highest BCUT2D eigenvalue weighted by molar-refractivity contribution is 6.31. The smallest absolute Gasteiger partial charge is 0.0641 e. The Balaban J connectivity index is 0.000000105. The van der Waals surface area contributed by atoms with Crippen LogP contribution < -0.4 is 0 Å². The van der Waals surface area contributed by atoms with E-state index in [0.717, 1.165) is 22.7 Å². The van der Waals surface area contributed by atoms with Crippen LogP contribution in [0, 0.1) is 0 Å². The maximum Gasteiger partial charge on any atom is 0.0641 e. The maximum absolute atomic E-state index is 2.46. The molecule has 0 bridgehead atoms. The fourth-order valence-electron chi connectivity index (χ4n) is 22.2. The van der Waals surface area contributed by atoms with Gasteiger partial charge in [-0.2, -0.15) is 0 Å². The van der Waals surface area contributed by atoms with Crippen molar-refractivity contribution in [3.8, 4) is 89.8 Å². The molecule has 0 aliphatic carbocycles. The molecule has 644 valence electrons. The fraction of sp³-hybridized carbons (Fsp3) is 0. The molecule has 6 aromatic heterocycles. The predicted octanol–water partition coefficient (Wildman–Crippen LogP) is 35.4. The average molecular weight is 1760 g/mol. The predicted molar refractivity (Wildman–Crippen MR) is 585 cm³/mol. The Labute approximate surface area is 796 Å². The SMILES string of the molecule is c1ccc(-c2ccc(-n3c4ccccc4c4c3ccc3c5ccccc5n(-c5ccc(-c6ccc7ccccc7c6)cc5)c34)cc2)cc1.c1ccc(-c2ccc(-n3c4ccccc4c4c5c6ccccc6n(-c6ccc(-c7ccc8ccccc8c7)cc6)c5ccc43)cc2)cc1.c1ccc(-c2ccc(-n3c4ccccc4c4c5c6ccccc6n(-c6ccc7ccccc7c6)c5ccc43)cc2)cc1. The molecule has 0 atom stereocenters. The van der Waals surface area contributed by atoms with E-state index < -0.39 is 0 Å². The van der Waals surface area contributed by atoms with Crippen LogP contribution in [0.5, 0.6) is 0 Å². The van der Waals surface area contributed by atoms with Crippen molar-refractivity contribution in [3.63, 3.8) is 0 Å². The van der Waals surface area contributed by atoms with Gasteiger partial charge in [0.15, 0.2) is 0 Å². The summed E-state index contributed by atoms with van der Waals surface area (Å²) in [7, 11) is 0. The summed E-state index contributed by atoms with van der Waals surface area (Å²) < 4.78 is 14.6. The number of nitrogens with zero attached hydrogens (tertiary/aromatic N) is 6. The first-order chi connectivity index (χ1) is 68.5. The lowest BCUT2D eigenvalue weighted by molar-refractivity contribution is 1.17. The van der Waals surface area contributed by atoms with Crippen molar-refractivity contribution >= 4 is 163 Å². The average Bonchev–Trinajstić information content (AvgIpc) is 1.55. The molecule has 0 radical (unpaired) electrons. The van der Waals surface area contributed by atoms with E-state index in [-0.39, 0.29) is 0 Å². The normalized spacial score (nSPS) is 11.8. The van der Waals surface area contributed by atoms with Crippen LogP contribution in [0.15, 0.2) is 522 Å². The highest BCUT2D eigenvalue weighted by Crippen LogP contribution is 2.48. The van der Waals surface area contributed by atoms with E-state index >= 15 is 0 Å². The van der Waals surface area contributed by atoms with Crippen molar-refractivity contribution in [2.45, 2.75) is 0 Å². The summed E-state index contributed by atoms with van der Waals surface area (Å²) in [6.45, 7) is 0. The van der Waals surface area contributed by atoms with Gasteiger partial charge in [0.05, 0.1) is 66.2 Å². The van der Waals surface area contributed by atoms with Crippen LogP contribution >= 0.6 is 0 Å². The number of hydrogen-bond acceptors (Lipinski definition) is 0. The standard InChI is InChI=1S/2C46H30N2.C40H26N2/c1-2-10-31(11-3-1)33-20-24-37(25-21-33)47-43-17-9-7-15-41(43)45-44(47)29-28-40-39-14-6-8-16-42(39)48(46(40)45)38-26-22-34(23-27-38)36-19-18-32-12-4-5-13-35(32)30-36;1-2-10-31(11-3-1)33-20-24-37(25-21-33)47-41-16-8-6-14-39(41)45-43(47)28-29-44-46(45)40-15-7-9-17-42(40)48(44)38-26-22-34(23-27-38)36-19-18-32-12-4-5-13-35(32)30-36;1-2-10-27(11-3-1)29-18-21-31(22-19-29)41-35-16-8-6-14-33(35)39-37(41)24-25-38-40(39)34-15-7-9-17-36(34)42(38)32-23-20-28-12-4-5-13-30(28)26-32/h2*1-30H;1-26H. The summed E-state index contributed by atoms with van der Waals surface area (Å²) in [4.78, 5) is 0. The highest BCUT2D eigenvalue weighted by atomic mass is 15.0. The van der Waals surface area contributed by atoms with Crippen LogP contribution in [0.1, 0.15) is 0 Å². The summed E-state index contributed by atoms with van der Waals surface area (Å²) in [6.07, 6.45) is 0. The van der Waals surface area contributed by atoms with Gasteiger partial charge in [0, 0.05) is 98.8 Å². The van der Waals surface area contributed by atoms with Gasteiger partial charge in [-0.1, -0.05) is 370 Å². The minimum Gasteiger partial charge on any atom is -0.309 e.